The minimum atomic E-state index is 0.111. The maximum atomic E-state index is 9.04. The van der Waals surface area contributed by atoms with Gasteiger partial charge in [-0.2, -0.15) is 0 Å². The molecule has 2 aromatic carbocycles. The highest BCUT2D eigenvalue weighted by Crippen LogP contribution is 2.25. The van der Waals surface area contributed by atoms with E-state index < -0.39 is 0 Å². The van der Waals surface area contributed by atoms with Crippen LogP contribution in [0.1, 0.15) is 12.0 Å². The molecule has 0 spiro atoms. The van der Waals surface area contributed by atoms with Gasteiger partial charge in [-0.05, 0) is 48.7 Å². The molecular formula is C19H23Br2Cl2NO3. The Kier molecular flexibility index (Phi) is 15.5. The first-order chi connectivity index (χ1) is 12.9. The molecule has 150 valence electrons. The monoisotopic (exact) mass is 541 g/mol. The van der Waals surface area contributed by atoms with Crippen LogP contribution in [0.2, 0.25) is 0 Å². The third-order valence-corrected chi connectivity index (χ3v) is 4.47. The van der Waals surface area contributed by atoms with Crippen LogP contribution in [0.5, 0.6) is 11.5 Å². The van der Waals surface area contributed by atoms with Crippen LogP contribution in [0.3, 0.4) is 0 Å². The predicted octanol–water partition coefficient (Wildman–Crippen LogP) is 6.09. The van der Waals surface area contributed by atoms with Crippen molar-refractivity contribution in [3.63, 3.8) is 0 Å². The van der Waals surface area contributed by atoms with E-state index in [-0.39, 0.29) is 5.88 Å². The fourth-order valence-corrected chi connectivity index (χ4v) is 2.68. The summed E-state index contributed by atoms with van der Waals surface area (Å²) in [4.78, 5) is 9.04. The van der Waals surface area contributed by atoms with Crippen molar-refractivity contribution in [2.75, 3.05) is 31.7 Å². The lowest BCUT2D eigenvalue weighted by atomic mass is 10.1. The van der Waals surface area contributed by atoms with Crippen molar-refractivity contribution in [3.8, 4) is 11.5 Å². The van der Waals surface area contributed by atoms with Crippen LogP contribution in [0.25, 0.3) is 0 Å². The molecule has 0 aliphatic heterocycles. The average molecular weight is 544 g/mol. The number of alkyl halides is 2. The summed E-state index contributed by atoms with van der Waals surface area (Å²) in [5, 5.41) is 0. The topological polar surface area (TPSA) is 61.6 Å². The van der Waals surface area contributed by atoms with Gasteiger partial charge in [-0.1, -0.05) is 37.9 Å². The Bertz CT molecular complexity index is 688. The minimum absolute atomic E-state index is 0.111. The fourth-order valence-electron chi connectivity index (χ4n) is 1.87. The van der Waals surface area contributed by atoms with Gasteiger partial charge in [0.25, 0.3) is 0 Å². The summed E-state index contributed by atoms with van der Waals surface area (Å²) in [5.41, 5.74) is 7.43. The number of halogens is 4. The van der Waals surface area contributed by atoms with Gasteiger partial charge < -0.3 is 20.0 Å². The number of anilines is 1. The first-order valence-corrected chi connectivity index (χ1v) is 10.6. The maximum Gasteiger partial charge on any atom is 0.142 e. The van der Waals surface area contributed by atoms with Crippen molar-refractivity contribution in [1.82, 2.24) is 0 Å². The summed E-state index contributed by atoms with van der Waals surface area (Å²) >= 11 is 17.1. The number of methoxy groups -OCH3 is 2. The Hall–Kier alpha value is -0.950. The molecule has 0 unspecified atom stereocenters. The Labute approximate surface area is 187 Å². The second-order valence-corrected chi connectivity index (χ2v) is 7.47. The first kappa shape index (κ1) is 26.1. The van der Waals surface area contributed by atoms with Gasteiger partial charge in [0.1, 0.15) is 17.8 Å². The molecule has 0 amide bonds. The van der Waals surface area contributed by atoms with E-state index in [1.54, 1.807) is 20.3 Å². The first-order valence-electron chi connectivity index (χ1n) is 7.90. The molecule has 0 aliphatic rings. The highest BCUT2D eigenvalue weighted by atomic mass is 79.9. The van der Waals surface area contributed by atoms with Crippen LogP contribution in [0.15, 0.2) is 45.3 Å². The summed E-state index contributed by atoms with van der Waals surface area (Å²) in [6.45, 7) is 0. The van der Waals surface area contributed by atoms with Gasteiger partial charge in [0, 0.05) is 14.8 Å². The lowest BCUT2D eigenvalue weighted by Crippen LogP contribution is -1.92. The number of carbonyl (C=O) groups excluding carboxylic acids is 1. The number of rotatable bonds is 6. The molecule has 0 saturated heterocycles. The zero-order chi connectivity index (χ0) is 20.7. The molecule has 2 aromatic rings. The normalized spacial score (nSPS) is 9.26. The largest absolute Gasteiger partial charge is 0.496 e. The SMILES string of the molecule is COc1cc(Br)ccc1CCCCl.COc1cc(Br)ccc1N.O=CCCl. The number of ether oxygens (including phenoxy) is 2. The Balaban J connectivity index is 0.000000428. The molecule has 0 heterocycles. The van der Waals surface area contributed by atoms with E-state index in [1.807, 2.05) is 24.3 Å². The van der Waals surface area contributed by atoms with E-state index in [0.717, 1.165) is 27.5 Å². The van der Waals surface area contributed by atoms with Crippen LogP contribution in [-0.2, 0) is 11.2 Å². The number of hydrogen-bond donors (Lipinski definition) is 1. The van der Waals surface area contributed by atoms with E-state index in [4.69, 9.17) is 43.2 Å². The van der Waals surface area contributed by atoms with E-state index in [9.17, 15) is 0 Å². The highest BCUT2D eigenvalue weighted by molar-refractivity contribution is 9.10. The van der Waals surface area contributed by atoms with Crippen molar-refractivity contribution >= 4 is 67.0 Å². The van der Waals surface area contributed by atoms with Crippen LogP contribution < -0.4 is 15.2 Å². The molecule has 0 saturated carbocycles. The number of nitrogens with two attached hydrogens (primary N) is 1. The Morgan fingerprint density at radius 1 is 1.00 bits per heavy atom. The summed E-state index contributed by atoms with van der Waals surface area (Å²) < 4.78 is 12.2. The molecule has 0 radical (unpaired) electrons. The van der Waals surface area contributed by atoms with Crippen molar-refractivity contribution in [3.05, 3.63) is 50.9 Å². The molecule has 0 aliphatic carbocycles. The second-order valence-electron chi connectivity index (χ2n) is 4.96. The molecule has 27 heavy (non-hydrogen) atoms. The van der Waals surface area contributed by atoms with E-state index >= 15 is 0 Å². The van der Waals surface area contributed by atoms with Gasteiger partial charge >= 0.3 is 0 Å². The number of carbonyl (C=O) groups is 1. The number of aryl methyl sites for hydroxylation is 1. The van der Waals surface area contributed by atoms with Gasteiger partial charge in [0.15, 0.2) is 0 Å². The quantitative estimate of drug-likeness (QED) is 0.272. The summed E-state index contributed by atoms with van der Waals surface area (Å²) in [5.74, 6) is 2.44. The average Bonchev–Trinajstić information content (AvgIpc) is 2.69. The molecule has 2 N–H and O–H groups in total. The van der Waals surface area contributed by atoms with Crippen molar-refractivity contribution in [1.29, 1.82) is 0 Å². The van der Waals surface area contributed by atoms with Crippen LogP contribution in [0, 0.1) is 0 Å². The van der Waals surface area contributed by atoms with Gasteiger partial charge in [0.2, 0.25) is 0 Å². The molecule has 0 aromatic heterocycles. The van der Waals surface area contributed by atoms with Gasteiger partial charge in [0.05, 0.1) is 25.8 Å². The zero-order valence-corrected chi connectivity index (χ0v) is 19.9. The molecule has 0 atom stereocenters. The molecule has 8 heteroatoms. The molecule has 2 rings (SSSR count). The van der Waals surface area contributed by atoms with Crippen LogP contribution in [-0.4, -0.2) is 32.3 Å². The van der Waals surface area contributed by atoms with Crippen molar-refractivity contribution < 1.29 is 14.3 Å². The van der Waals surface area contributed by atoms with Crippen molar-refractivity contribution in [2.45, 2.75) is 12.8 Å². The molecular weight excluding hydrogens is 521 g/mol. The summed E-state index contributed by atoms with van der Waals surface area (Å²) in [6.07, 6.45) is 2.60. The summed E-state index contributed by atoms with van der Waals surface area (Å²) in [6, 6.07) is 11.6. The second kappa shape index (κ2) is 16.0. The number of aldehydes is 1. The molecule has 0 bridgehead atoms. The van der Waals surface area contributed by atoms with E-state index in [0.29, 0.717) is 23.6 Å². The lowest BCUT2D eigenvalue weighted by molar-refractivity contribution is -0.105. The number of nitrogen functional groups attached to an aromatic ring is 1. The van der Waals surface area contributed by atoms with Crippen molar-refractivity contribution in [2.24, 2.45) is 0 Å². The molecule has 0 fully saturated rings. The van der Waals surface area contributed by atoms with Gasteiger partial charge in [-0.3, -0.25) is 0 Å². The van der Waals surface area contributed by atoms with Crippen LogP contribution >= 0.6 is 55.1 Å². The predicted molar refractivity (Wildman–Crippen MR) is 122 cm³/mol. The zero-order valence-electron chi connectivity index (χ0n) is 15.2. The van der Waals surface area contributed by atoms with Gasteiger partial charge in [-0.15, -0.1) is 23.2 Å². The van der Waals surface area contributed by atoms with E-state index in [2.05, 4.69) is 37.9 Å². The Morgan fingerprint density at radius 2 is 1.52 bits per heavy atom. The third-order valence-electron chi connectivity index (χ3n) is 3.09. The number of benzene rings is 2. The van der Waals surface area contributed by atoms with E-state index in [1.165, 1.54) is 5.56 Å². The lowest BCUT2D eigenvalue weighted by Gasteiger charge is -2.07. The minimum Gasteiger partial charge on any atom is -0.496 e. The number of hydrogen-bond acceptors (Lipinski definition) is 4. The van der Waals surface area contributed by atoms with Crippen LogP contribution in [0.4, 0.5) is 5.69 Å². The highest BCUT2D eigenvalue weighted by Gasteiger charge is 2.02. The fraction of sp³-hybridized carbons (Fsp3) is 0.316. The Morgan fingerprint density at radius 3 is 1.96 bits per heavy atom. The maximum absolute atomic E-state index is 9.04. The smallest absolute Gasteiger partial charge is 0.142 e. The summed E-state index contributed by atoms with van der Waals surface area (Å²) in [7, 11) is 3.28. The standard InChI is InChI=1S/C10H12BrClO.C7H8BrNO.C2H3ClO/c1-13-10-7-9(11)5-4-8(10)3-2-6-12;1-10-7-4-5(8)2-3-6(7)9;3-1-2-4/h4-5,7H,2-3,6H2,1H3;2-4H,9H2,1H3;2H,1H2. The molecule has 4 nitrogen and oxygen atoms in total. The third kappa shape index (κ3) is 11.5. The van der Waals surface area contributed by atoms with Gasteiger partial charge in [-0.25, -0.2) is 0 Å².